The maximum absolute atomic E-state index is 6.40. The second-order valence-corrected chi connectivity index (χ2v) is 4.80. The fraction of sp³-hybridized carbons (Fsp3) is 0.750. The maximum Gasteiger partial charge on any atom is 0.0522 e. The molecule has 84 valence electrons. The Morgan fingerprint density at radius 1 is 1.40 bits per heavy atom. The molecule has 1 saturated carbocycles. The molecule has 15 heavy (non-hydrogen) atoms. The van der Waals surface area contributed by atoms with E-state index in [0.29, 0.717) is 0 Å². The molecular weight excluding hydrogens is 186 g/mol. The van der Waals surface area contributed by atoms with E-state index in [0.717, 1.165) is 13.0 Å². The minimum absolute atomic E-state index is 0.0415. The van der Waals surface area contributed by atoms with Gasteiger partial charge in [-0.1, -0.05) is 19.3 Å². The lowest BCUT2D eigenvalue weighted by molar-refractivity contribution is 0.294. The van der Waals surface area contributed by atoms with Crippen LogP contribution < -0.4 is 5.73 Å². The van der Waals surface area contributed by atoms with Crippen LogP contribution in [0.4, 0.5) is 0 Å². The minimum atomic E-state index is 0.0415. The summed E-state index contributed by atoms with van der Waals surface area (Å²) >= 11 is 0. The van der Waals surface area contributed by atoms with Gasteiger partial charge in [-0.25, -0.2) is 0 Å². The zero-order chi connectivity index (χ0) is 10.7. The lowest BCUT2D eigenvalue weighted by Crippen LogP contribution is -2.43. The number of nitrogens with two attached hydrogens (primary N) is 1. The average molecular weight is 207 g/mol. The zero-order valence-corrected chi connectivity index (χ0v) is 9.58. The molecule has 3 heteroatoms. The maximum atomic E-state index is 6.40. The molecule has 0 amide bonds. The van der Waals surface area contributed by atoms with Gasteiger partial charge in [0.1, 0.15) is 0 Å². The lowest BCUT2D eigenvalue weighted by atomic mass is 9.79. The van der Waals surface area contributed by atoms with Crippen molar-refractivity contribution < 1.29 is 0 Å². The molecule has 0 saturated heterocycles. The quantitative estimate of drug-likeness (QED) is 0.825. The molecule has 1 aliphatic rings. The summed E-state index contributed by atoms with van der Waals surface area (Å²) < 4.78 is 1.97. The summed E-state index contributed by atoms with van der Waals surface area (Å²) in [7, 11) is 0. The van der Waals surface area contributed by atoms with Gasteiger partial charge in [0.05, 0.1) is 6.20 Å². The highest BCUT2D eigenvalue weighted by atomic mass is 15.3. The number of nitrogens with zero attached hydrogens (tertiary/aromatic N) is 2. The second kappa shape index (κ2) is 4.35. The number of rotatable bonds is 3. The molecule has 0 spiro atoms. The Kier molecular flexibility index (Phi) is 3.10. The van der Waals surface area contributed by atoms with Crippen molar-refractivity contribution in [1.82, 2.24) is 9.78 Å². The molecule has 1 aromatic heterocycles. The Bertz CT molecular complexity index is 310. The van der Waals surface area contributed by atoms with E-state index in [9.17, 15) is 0 Å². The van der Waals surface area contributed by atoms with E-state index >= 15 is 0 Å². The van der Waals surface area contributed by atoms with Crippen LogP contribution in [0.2, 0.25) is 0 Å². The van der Waals surface area contributed by atoms with Gasteiger partial charge < -0.3 is 5.73 Å². The predicted molar refractivity (Wildman–Crippen MR) is 61.6 cm³/mol. The Balaban J connectivity index is 2.00. The number of hydrogen-bond acceptors (Lipinski definition) is 2. The summed E-state index contributed by atoms with van der Waals surface area (Å²) in [6.07, 6.45) is 11.4. The van der Waals surface area contributed by atoms with Crippen LogP contribution >= 0.6 is 0 Å². The molecule has 1 aromatic rings. The third-order valence-electron chi connectivity index (χ3n) is 3.42. The SMILES string of the molecule is CCn1cc(CC2(N)CCCCC2)cn1. The van der Waals surface area contributed by atoms with Crippen LogP contribution in [0.15, 0.2) is 12.4 Å². The van der Waals surface area contributed by atoms with Gasteiger partial charge in [-0.3, -0.25) is 4.68 Å². The van der Waals surface area contributed by atoms with Gasteiger partial charge in [-0.05, 0) is 31.7 Å². The van der Waals surface area contributed by atoms with Crippen molar-refractivity contribution in [3.8, 4) is 0 Å². The molecule has 0 bridgehead atoms. The fourth-order valence-corrected chi connectivity index (χ4v) is 2.51. The van der Waals surface area contributed by atoms with Crippen LogP contribution in [0.3, 0.4) is 0 Å². The van der Waals surface area contributed by atoms with Gasteiger partial charge >= 0.3 is 0 Å². The molecule has 1 fully saturated rings. The van der Waals surface area contributed by atoms with Crippen molar-refractivity contribution in [2.24, 2.45) is 5.73 Å². The Morgan fingerprint density at radius 3 is 2.73 bits per heavy atom. The predicted octanol–water partition coefficient (Wildman–Crippen LogP) is 2.11. The Morgan fingerprint density at radius 2 is 2.13 bits per heavy atom. The molecule has 0 aliphatic heterocycles. The smallest absolute Gasteiger partial charge is 0.0522 e. The van der Waals surface area contributed by atoms with E-state index in [-0.39, 0.29) is 5.54 Å². The highest BCUT2D eigenvalue weighted by Gasteiger charge is 2.27. The van der Waals surface area contributed by atoms with Gasteiger partial charge in [-0.15, -0.1) is 0 Å². The normalized spacial score (nSPS) is 20.4. The van der Waals surface area contributed by atoms with Crippen molar-refractivity contribution in [3.05, 3.63) is 18.0 Å². The molecule has 2 N–H and O–H groups in total. The largest absolute Gasteiger partial charge is 0.325 e. The number of aromatic nitrogens is 2. The van der Waals surface area contributed by atoms with E-state index in [1.807, 2.05) is 10.9 Å². The van der Waals surface area contributed by atoms with E-state index in [4.69, 9.17) is 5.73 Å². The summed E-state index contributed by atoms with van der Waals surface area (Å²) in [4.78, 5) is 0. The highest BCUT2D eigenvalue weighted by Crippen LogP contribution is 2.28. The van der Waals surface area contributed by atoms with Crippen LogP contribution in [0, 0.1) is 0 Å². The summed E-state index contributed by atoms with van der Waals surface area (Å²) in [6, 6.07) is 0. The van der Waals surface area contributed by atoms with Crippen LogP contribution in [0.1, 0.15) is 44.6 Å². The van der Waals surface area contributed by atoms with Crippen LogP contribution in [0.25, 0.3) is 0 Å². The number of aryl methyl sites for hydroxylation is 1. The van der Waals surface area contributed by atoms with Crippen LogP contribution in [-0.4, -0.2) is 15.3 Å². The highest BCUT2D eigenvalue weighted by molar-refractivity contribution is 5.10. The molecule has 0 radical (unpaired) electrons. The molecule has 2 rings (SSSR count). The monoisotopic (exact) mass is 207 g/mol. The van der Waals surface area contributed by atoms with Crippen molar-refractivity contribution in [1.29, 1.82) is 0 Å². The molecule has 3 nitrogen and oxygen atoms in total. The first-order chi connectivity index (χ1) is 7.22. The van der Waals surface area contributed by atoms with Crippen molar-refractivity contribution >= 4 is 0 Å². The molecular formula is C12H21N3. The van der Waals surface area contributed by atoms with Crippen molar-refractivity contribution in [2.45, 2.75) is 57.5 Å². The topological polar surface area (TPSA) is 43.8 Å². The number of hydrogen-bond donors (Lipinski definition) is 1. The third kappa shape index (κ3) is 2.59. The average Bonchev–Trinajstić information content (AvgIpc) is 2.66. The zero-order valence-electron chi connectivity index (χ0n) is 9.58. The first-order valence-corrected chi connectivity index (χ1v) is 6.02. The Hall–Kier alpha value is -0.830. The fourth-order valence-electron chi connectivity index (χ4n) is 2.51. The van der Waals surface area contributed by atoms with E-state index in [2.05, 4.69) is 18.2 Å². The van der Waals surface area contributed by atoms with Crippen LogP contribution in [0.5, 0.6) is 0 Å². The summed E-state index contributed by atoms with van der Waals surface area (Å²) in [6.45, 7) is 3.05. The molecule has 0 unspecified atom stereocenters. The van der Waals surface area contributed by atoms with Gasteiger partial charge in [0.25, 0.3) is 0 Å². The van der Waals surface area contributed by atoms with Crippen molar-refractivity contribution in [3.63, 3.8) is 0 Å². The van der Waals surface area contributed by atoms with Crippen LogP contribution in [-0.2, 0) is 13.0 Å². The van der Waals surface area contributed by atoms with E-state index in [1.165, 1.54) is 37.7 Å². The lowest BCUT2D eigenvalue weighted by Gasteiger charge is -2.33. The van der Waals surface area contributed by atoms with Gasteiger partial charge in [0.2, 0.25) is 0 Å². The molecule has 1 heterocycles. The molecule has 0 aromatic carbocycles. The van der Waals surface area contributed by atoms with Gasteiger partial charge in [-0.2, -0.15) is 5.10 Å². The first-order valence-electron chi connectivity index (χ1n) is 6.02. The van der Waals surface area contributed by atoms with E-state index in [1.54, 1.807) is 0 Å². The minimum Gasteiger partial charge on any atom is -0.325 e. The first kappa shape index (κ1) is 10.7. The second-order valence-electron chi connectivity index (χ2n) is 4.80. The summed E-state index contributed by atoms with van der Waals surface area (Å²) in [5, 5.41) is 4.29. The Labute approximate surface area is 91.7 Å². The molecule has 1 aliphatic carbocycles. The van der Waals surface area contributed by atoms with Crippen molar-refractivity contribution in [2.75, 3.05) is 0 Å². The third-order valence-corrected chi connectivity index (χ3v) is 3.42. The summed E-state index contributed by atoms with van der Waals surface area (Å²) in [5.41, 5.74) is 7.74. The summed E-state index contributed by atoms with van der Waals surface area (Å²) in [5.74, 6) is 0. The van der Waals surface area contributed by atoms with Gasteiger partial charge in [0.15, 0.2) is 0 Å². The van der Waals surface area contributed by atoms with E-state index < -0.39 is 0 Å². The standard InChI is InChI=1S/C12H21N3/c1-2-15-10-11(9-14-15)8-12(13)6-4-3-5-7-12/h9-10H,2-8,13H2,1H3. The van der Waals surface area contributed by atoms with Gasteiger partial charge in [0, 0.05) is 18.3 Å². The molecule has 0 atom stereocenters.